The van der Waals surface area contributed by atoms with E-state index in [1.54, 1.807) is 20.8 Å². The first kappa shape index (κ1) is 14.9. The third-order valence-electron chi connectivity index (χ3n) is 2.53. The van der Waals surface area contributed by atoms with Gasteiger partial charge in [-0.2, -0.15) is 0 Å². The van der Waals surface area contributed by atoms with Crippen LogP contribution in [0.1, 0.15) is 47.5 Å². The Morgan fingerprint density at radius 3 is 2.07 bits per heavy atom. The lowest BCUT2D eigenvalue weighted by atomic mass is 10.2. The van der Waals surface area contributed by atoms with Crippen LogP contribution in [0.2, 0.25) is 0 Å². The molecule has 1 atom stereocenters. The molecule has 92 valence electrons. The first-order valence-electron chi connectivity index (χ1n) is 5.70. The second kappa shape index (κ2) is 5.85. The van der Waals surface area contributed by atoms with Crippen LogP contribution in [0.15, 0.2) is 0 Å². The summed E-state index contributed by atoms with van der Waals surface area (Å²) in [6.07, 6.45) is 1.89. The molecule has 0 aromatic carbocycles. The molecule has 0 aromatic heterocycles. The van der Waals surface area contributed by atoms with Gasteiger partial charge in [0.1, 0.15) is 0 Å². The van der Waals surface area contributed by atoms with Gasteiger partial charge in [0.25, 0.3) is 0 Å². The molecule has 0 bridgehead atoms. The van der Waals surface area contributed by atoms with Crippen LogP contribution in [0.3, 0.4) is 0 Å². The zero-order chi connectivity index (χ0) is 12.1. The maximum Gasteiger partial charge on any atom is 0.156 e. The van der Waals surface area contributed by atoms with Crippen molar-refractivity contribution < 1.29 is 8.42 Å². The number of sulfone groups is 1. The average molecular weight is 235 g/mol. The van der Waals surface area contributed by atoms with Crippen LogP contribution < -0.4 is 5.32 Å². The van der Waals surface area contributed by atoms with Crippen molar-refractivity contribution in [3.8, 4) is 0 Å². The summed E-state index contributed by atoms with van der Waals surface area (Å²) < 4.78 is 23.2. The molecule has 0 aliphatic carbocycles. The Morgan fingerprint density at radius 1 is 1.20 bits per heavy atom. The molecule has 1 unspecified atom stereocenters. The van der Waals surface area contributed by atoms with E-state index in [-0.39, 0.29) is 11.8 Å². The highest BCUT2D eigenvalue weighted by Crippen LogP contribution is 2.17. The lowest BCUT2D eigenvalue weighted by Crippen LogP contribution is -2.41. The summed E-state index contributed by atoms with van der Waals surface area (Å²) in [4.78, 5) is 0. The van der Waals surface area contributed by atoms with Crippen LogP contribution in [0, 0.1) is 0 Å². The highest BCUT2D eigenvalue weighted by atomic mass is 32.2. The van der Waals surface area contributed by atoms with Crippen molar-refractivity contribution in [1.82, 2.24) is 5.32 Å². The summed E-state index contributed by atoms with van der Waals surface area (Å²) in [7, 11) is -3.00. The van der Waals surface area contributed by atoms with Crippen molar-refractivity contribution in [2.75, 3.05) is 12.3 Å². The largest absolute Gasteiger partial charge is 0.313 e. The summed E-state index contributed by atoms with van der Waals surface area (Å²) in [5.41, 5.74) is 0. The van der Waals surface area contributed by atoms with Crippen molar-refractivity contribution in [2.24, 2.45) is 0 Å². The topological polar surface area (TPSA) is 46.2 Å². The smallest absolute Gasteiger partial charge is 0.156 e. The van der Waals surface area contributed by atoms with Crippen LogP contribution >= 0.6 is 0 Å². The Labute approximate surface area is 94.6 Å². The molecule has 0 radical (unpaired) electrons. The maximum atomic E-state index is 11.9. The highest BCUT2D eigenvalue weighted by Gasteiger charge is 2.30. The van der Waals surface area contributed by atoms with Gasteiger partial charge in [-0.15, -0.1) is 0 Å². The maximum absolute atomic E-state index is 11.9. The normalized spacial score (nSPS) is 15.3. The summed E-state index contributed by atoms with van der Waals surface area (Å²) in [5, 5.41) is 3.27. The van der Waals surface area contributed by atoms with Crippen molar-refractivity contribution in [3.63, 3.8) is 0 Å². The molecule has 0 aromatic rings. The molecule has 0 aliphatic rings. The Bertz CT molecular complexity index is 265. The Morgan fingerprint density at radius 2 is 1.73 bits per heavy atom. The first-order valence-corrected chi connectivity index (χ1v) is 7.35. The van der Waals surface area contributed by atoms with Gasteiger partial charge in [0.15, 0.2) is 9.84 Å². The second-order valence-electron chi connectivity index (χ2n) is 4.95. The van der Waals surface area contributed by atoms with E-state index in [4.69, 9.17) is 0 Å². The summed E-state index contributed by atoms with van der Waals surface area (Å²) >= 11 is 0. The van der Waals surface area contributed by atoms with Gasteiger partial charge < -0.3 is 5.32 Å². The van der Waals surface area contributed by atoms with Gasteiger partial charge in [0.2, 0.25) is 0 Å². The lowest BCUT2D eigenvalue weighted by Gasteiger charge is -2.24. The van der Waals surface area contributed by atoms with E-state index in [0.717, 1.165) is 19.4 Å². The average Bonchev–Trinajstić information content (AvgIpc) is 2.10. The highest BCUT2D eigenvalue weighted by molar-refractivity contribution is 7.92. The van der Waals surface area contributed by atoms with Gasteiger partial charge in [-0.05, 0) is 40.2 Å². The molecular formula is C11H25NO2S. The van der Waals surface area contributed by atoms with Gasteiger partial charge in [0, 0.05) is 6.04 Å². The first-order chi connectivity index (χ1) is 6.74. The Kier molecular flexibility index (Phi) is 5.81. The zero-order valence-corrected chi connectivity index (χ0v) is 11.4. The SMILES string of the molecule is CCCNC(CC)CS(=O)(=O)C(C)(C)C. The molecule has 0 saturated heterocycles. The molecule has 0 amide bonds. The third-order valence-corrected chi connectivity index (χ3v) is 5.24. The fourth-order valence-electron chi connectivity index (χ4n) is 1.18. The van der Waals surface area contributed by atoms with Gasteiger partial charge >= 0.3 is 0 Å². The second-order valence-corrected chi connectivity index (χ2v) is 7.74. The number of hydrogen-bond acceptors (Lipinski definition) is 3. The molecule has 0 heterocycles. The predicted octanol–water partition coefficient (Wildman–Crippen LogP) is 1.98. The van der Waals surface area contributed by atoms with E-state index < -0.39 is 14.6 Å². The Balaban J connectivity index is 4.42. The van der Waals surface area contributed by atoms with Crippen LogP contribution in [-0.2, 0) is 9.84 Å². The molecule has 0 spiro atoms. The van der Waals surface area contributed by atoms with E-state index >= 15 is 0 Å². The molecule has 0 rings (SSSR count). The fourth-order valence-corrected chi connectivity index (χ4v) is 2.57. The standard InChI is InChI=1S/C11H25NO2S/c1-6-8-12-10(7-2)9-15(13,14)11(3,4)5/h10,12H,6-9H2,1-5H3. The summed E-state index contributed by atoms with van der Waals surface area (Å²) in [6.45, 7) is 10.3. The summed E-state index contributed by atoms with van der Waals surface area (Å²) in [6, 6.07) is 0.0918. The molecule has 0 saturated carbocycles. The quantitative estimate of drug-likeness (QED) is 0.765. The fraction of sp³-hybridized carbons (Fsp3) is 1.00. The zero-order valence-electron chi connectivity index (χ0n) is 10.6. The van der Waals surface area contributed by atoms with Gasteiger partial charge in [-0.3, -0.25) is 0 Å². The van der Waals surface area contributed by atoms with Crippen molar-refractivity contribution in [2.45, 2.75) is 58.2 Å². The monoisotopic (exact) mass is 235 g/mol. The molecule has 0 aliphatic heterocycles. The number of hydrogen-bond donors (Lipinski definition) is 1. The molecular weight excluding hydrogens is 210 g/mol. The molecule has 1 N–H and O–H groups in total. The van der Waals surface area contributed by atoms with Crippen LogP contribution in [0.5, 0.6) is 0 Å². The predicted molar refractivity (Wildman–Crippen MR) is 65.9 cm³/mol. The van der Waals surface area contributed by atoms with E-state index in [9.17, 15) is 8.42 Å². The van der Waals surface area contributed by atoms with E-state index in [1.807, 2.05) is 6.92 Å². The van der Waals surface area contributed by atoms with Crippen molar-refractivity contribution in [3.05, 3.63) is 0 Å². The van der Waals surface area contributed by atoms with Gasteiger partial charge in [-0.25, -0.2) is 8.42 Å². The molecule has 3 nitrogen and oxygen atoms in total. The minimum Gasteiger partial charge on any atom is -0.313 e. The van der Waals surface area contributed by atoms with Crippen LogP contribution in [0.4, 0.5) is 0 Å². The minimum absolute atomic E-state index is 0.0918. The summed E-state index contributed by atoms with van der Waals surface area (Å²) in [5.74, 6) is 0.243. The van der Waals surface area contributed by atoms with Gasteiger partial charge in [-0.1, -0.05) is 13.8 Å². The minimum atomic E-state index is -3.00. The molecule has 4 heteroatoms. The van der Waals surface area contributed by atoms with Gasteiger partial charge in [0.05, 0.1) is 10.5 Å². The van der Waals surface area contributed by atoms with E-state index in [0.29, 0.717) is 0 Å². The molecule has 0 fully saturated rings. The molecule has 15 heavy (non-hydrogen) atoms. The van der Waals surface area contributed by atoms with Crippen molar-refractivity contribution >= 4 is 9.84 Å². The lowest BCUT2D eigenvalue weighted by molar-refractivity contribution is 0.507. The third kappa shape index (κ3) is 4.98. The van der Waals surface area contributed by atoms with Crippen LogP contribution in [-0.4, -0.2) is 31.5 Å². The van der Waals surface area contributed by atoms with E-state index in [1.165, 1.54) is 0 Å². The number of rotatable bonds is 6. The van der Waals surface area contributed by atoms with Crippen LogP contribution in [0.25, 0.3) is 0 Å². The van der Waals surface area contributed by atoms with E-state index in [2.05, 4.69) is 12.2 Å². The van der Waals surface area contributed by atoms with Crippen molar-refractivity contribution in [1.29, 1.82) is 0 Å². The number of nitrogens with one attached hydrogen (secondary N) is 1. The Hall–Kier alpha value is -0.0900.